The number of hydrazone groups is 1. The standard InChI is InChI=1S/C23H17BrN2O2/c24-17-11-12-21-18(13-17)20-14-19(15-7-3-1-4-8-15)25-26(20)23(28-21)22(27)16-9-5-2-6-10-16/h1-13,20,23H,14H2/t20-,23+/m0/s1. The lowest BCUT2D eigenvalue weighted by Gasteiger charge is -2.37. The van der Waals surface area contributed by atoms with Crippen LogP contribution in [0, 0.1) is 0 Å². The van der Waals surface area contributed by atoms with Gasteiger partial charge in [0.2, 0.25) is 5.78 Å². The molecule has 0 N–H and O–H groups in total. The number of halogens is 1. The number of carbonyl (C=O) groups excluding carboxylic acids is 1. The maximum atomic E-state index is 13.2. The SMILES string of the molecule is O=C(c1ccccc1)[C@H]1Oc2ccc(Br)cc2[C@@H]2CC(c3ccccc3)=NN12. The molecule has 3 aromatic rings. The second-order valence-corrected chi connectivity index (χ2v) is 7.81. The normalized spacial score (nSPS) is 20.0. The minimum absolute atomic E-state index is 0.0332. The van der Waals surface area contributed by atoms with E-state index >= 15 is 0 Å². The van der Waals surface area contributed by atoms with E-state index in [1.165, 1.54) is 0 Å². The Balaban J connectivity index is 1.59. The van der Waals surface area contributed by atoms with Crippen molar-refractivity contribution in [2.24, 2.45) is 5.10 Å². The fourth-order valence-electron chi connectivity index (χ4n) is 3.78. The zero-order valence-electron chi connectivity index (χ0n) is 15.0. The number of nitrogens with zero attached hydrogens (tertiary/aromatic N) is 2. The molecule has 3 aromatic carbocycles. The summed E-state index contributed by atoms with van der Waals surface area (Å²) in [7, 11) is 0. The molecule has 0 fully saturated rings. The largest absolute Gasteiger partial charge is 0.461 e. The first-order chi connectivity index (χ1) is 13.7. The molecule has 5 heteroatoms. The van der Waals surface area contributed by atoms with Gasteiger partial charge < -0.3 is 4.74 Å². The third-order valence-corrected chi connectivity index (χ3v) is 5.63. The van der Waals surface area contributed by atoms with E-state index in [0.717, 1.165) is 33.5 Å². The lowest BCUT2D eigenvalue weighted by Crippen LogP contribution is -2.45. The van der Waals surface area contributed by atoms with Crippen LogP contribution >= 0.6 is 15.9 Å². The molecule has 0 aliphatic carbocycles. The zero-order valence-corrected chi connectivity index (χ0v) is 16.5. The third-order valence-electron chi connectivity index (χ3n) is 5.14. The van der Waals surface area contributed by atoms with Gasteiger partial charge in [-0.15, -0.1) is 0 Å². The van der Waals surface area contributed by atoms with E-state index in [1.54, 1.807) is 0 Å². The molecule has 0 bridgehead atoms. The van der Waals surface area contributed by atoms with Gasteiger partial charge in [-0.1, -0.05) is 76.6 Å². The van der Waals surface area contributed by atoms with Gasteiger partial charge in [0.15, 0.2) is 0 Å². The average molecular weight is 433 g/mol. The minimum Gasteiger partial charge on any atom is -0.461 e. The molecule has 2 atom stereocenters. The van der Waals surface area contributed by atoms with Gasteiger partial charge in [0.1, 0.15) is 5.75 Å². The van der Waals surface area contributed by atoms with Crippen molar-refractivity contribution in [2.75, 3.05) is 0 Å². The van der Waals surface area contributed by atoms with Crippen molar-refractivity contribution < 1.29 is 9.53 Å². The van der Waals surface area contributed by atoms with Crippen LogP contribution in [-0.2, 0) is 0 Å². The number of rotatable bonds is 3. The van der Waals surface area contributed by atoms with E-state index in [-0.39, 0.29) is 11.8 Å². The van der Waals surface area contributed by atoms with E-state index in [4.69, 9.17) is 9.84 Å². The van der Waals surface area contributed by atoms with Gasteiger partial charge in [-0.25, -0.2) is 5.01 Å². The Labute approximate surface area is 171 Å². The van der Waals surface area contributed by atoms with Crippen LogP contribution in [0.15, 0.2) is 88.4 Å². The summed E-state index contributed by atoms with van der Waals surface area (Å²) in [6.45, 7) is 0. The highest BCUT2D eigenvalue weighted by Crippen LogP contribution is 2.44. The molecule has 0 spiro atoms. The van der Waals surface area contributed by atoms with E-state index < -0.39 is 6.23 Å². The molecular weight excluding hydrogens is 416 g/mol. The summed E-state index contributed by atoms with van der Waals surface area (Å²) < 4.78 is 7.13. The molecule has 0 aromatic heterocycles. The minimum atomic E-state index is -0.776. The smallest absolute Gasteiger partial charge is 0.251 e. The third kappa shape index (κ3) is 2.92. The number of ketones is 1. The van der Waals surface area contributed by atoms with Crippen molar-refractivity contribution in [3.63, 3.8) is 0 Å². The van der Waals surface area contributed by atoms with E-state index in [9.17, 15) is 4.79 Å². The molecule has 4 nitrogen and oxygen atoms in total. The second-order valence-electron chi connectivity index (χ2n) is 6.90. The topological polar surface area (TPSA) is 41.9 Å². The summed E-state index contributed by atoms with van der Waals surface area (Å²) in [6, 6.07) is 25.2. The molecule has 138 valence electrons. The fraction of sp³-hybridized carbons (Fsp3) is 0.130. The van der Waals surface area contributed by atoms with Crippen molar-refractivity contribution in [2.45, 2.75) is 18.7 Å². The molecule has 0 amide bonds. The van der Waals surface area contributed by atoms with Crippen molar-refractivity contribution >= 4 is 27.4 Å². The Morgan fingerprint density at radius 2 is 1.71 bits per heavy atom. The van der Waals surface area contributed by atoms with E-state index in [1.807, 2.05) is 77.8 Å². The molecule has 2 heterocycles. The van der Waals surface area contributed by atoms with E-state index in [0.29, 0.717) is 5.56 Å². The second kappa shape index (κ2) is 6.91. The quantitative estimate of drug-likeness (QED) is 0.533. The highest BCUT2D eigenvalue weighted by Gasteiger charge is 2.43. The maximum Gasteiger partial charge on any atom is 0.251 e. The number of ether oxygens (including phenoxy) is 1. The number of fused-ring (bicyclic) bond motifs is 3. The first-order valence-corrected chi connectivity index (χ1v) is 9.96. The van der Waals surface area contributed by atoms with Crippen molar-refractivity contribution in [3.05, 3.63) is 100 Å². The highest BCUT2D eigenvalue weighted by atomic mass is 79.9. The first kappa shape index (κ1) is 17.2. The lowest BCUT2D eigenvalue weighted by molar-refractivity contribution is -0.00459. The molecule has 0 radical (unpaired) electrons. The molecule has 2 aliphatic rings. The number of carbonyl (C=O) groups is 1. The van der Waals surface area contributed by atoms with Crippen LogP contribution in [0.4, 0.5) is 0 Å². The van der Waals surface area contributed by atoms with Crippen molar-refractivity contribution in [1.29, 1.82) is 0 Å². The van der Waals surface area contributed by atoms with Crippen LogP contribution in [0.3, 0.4) is 0 Å². The fourth-order valence-corrected chi connectivity index (χ4v) is 4.16. The van der Waals surface area contributed by atoms with Gasteiger partial charge >= 0.3 is 0 Å². The van der Waals surface area contributed by atoms with Gasteiger partial charge in [-0.3, -0.25) is 4.79 Å². The Bertz CT molecular complexity index is 1070. The molecule has 5 rings (SSSR count). The monoisotopic (exact) mass is 432 g/mol. The van der Waals surface area contributed by atoms with E-state index in [2.05, 4.69) is 22.0 Å². The molecular formula is C23H17BrN2O2. The molecule has 0 saturated carbocycles. The average Bonchev–Trinajstić information content (AvgIpc) is 3.20. The van der Waals surface area contributed by atoms with Gasteiger partial charge in [0.25, 0.3) is 6.23 Å². The van der Waals surface area contributed by atoms with Crippen LogP contribution in [0.25, 0.3) is 0 Å². The predicted octanol–water partition coefficient (Wildman–Crippen LogP) is 5.20. The van der Waals surface area contributed by atoms with Gasteiger partial charge in [0, 0.05) is 22.0 Å². The summed E-state index contributed by atoms with van der Waals surface area (Å²) in [4.78, 5) is 13.2. The summed E-state index contributed by atoms with van der Waals surface area (Å²) in [6.07, 6.45) is -0.0441. The maximum absolute atomic E-state index is 13.2. The Hall–Kier alpha value is -2.92. The van der Waals surface area contributed by atoms with Crippen molar-refractivity contribution in [1.82, 2.24) is 5.01 Å². The highest BCUT2D eigenvalue weighted by molar-refractivity contribution is 9.10. The Morgan fingerprint density at radius 3 is 2.46 bits per heavy atom. The Morgan fingerprint density at radius 1 is 1.00 bits per heavy atom. The van der Waals surface area contributed by atoms with Crippen LogP contribution in [-0.4, -0.2) is 22.7 Å². The molecule has 0 unspecified atom stereocenters. The van der Waals surface area contributed by atoms with Gasteiger partial charge in [-0.2, -0.15) is 5.10 Å². The van der Waals surface area contributed by atoms with Crippen LogP contribution < -0.4 is 4.74 Å². The zero-order chi connectivity index (χ0) is 19.1. The summed E-state index contributed by atoms with van der Waals surface area (Å²) in [5.74, 6) is 0.653. The Kier molecular flexibility index (Phi) is 4.24. The molecule has 28 heavy (non-hydrogen) atoms. The molecule has 2 aliphatic heterocycles. The summed E-state index contributed by atoms with van der Waals surface area (Å²) in [5, 5.41) is 6.65. The van der Waals surface area contributed by atoms with Crippen LogP contribution in [0.1, 0.15) is 33.9 Å². The predicted molar refractivity (Wildman–Crippen MR) is 112 cm³/mol. The number of hydrogen-bond acceptors (Lipinski definition) is 4. The number of Topliss-reactive ketones (excluding diaryl/α,β-unsaturated/α-hetero) is 1. The van der Waals surface area contributed by atoms with Crippen LogP contribution in [0.5, 0.6) is 5.75 Å². The number of hydrogen-bond donors (Lipinski definition) is 0. The van der Waals surface area contributed by atoms with Gasteiger partial charge in [0.05, 0.1) is 11.8 Å². The van der Waals surface area contributed by atoms with Crippen molar-refractivity contribution in [3.8, 4) is 5.75 Å². The summed E-state index contributed by atoms with van der Waals surface area (Å²) >= 11 is 3.55. The first-order valence-electron chi connectivity index (χ1n) is 9.17. The van der Waals surface area contributed by atoms with Gasteiger partial charge in [-0.05, 0) is 23.8 Å². The van der Waals surface area contributed by atoms with Crippen LogP contribution in [0.2, 0.25) is 0 Å². The lowest BCUT2D eigenvalue weighted by atomic mass is 9.96. The number of benzene rings is 3. The summed E-state index contributed by atoms with van der Waals surface area (Å²) in [5.41, 5.74) is 3.70. The molecule has 0 saturated heterocycles.